The van der Waals surface area contributed by atoms with Crippen LogP contribution in [0.1, 0.15) is 16.9 Å². The number of rotatable bonds is 7. The van der Waals surface area contributed by atoms with Crippen molar-refractivity contribution in [3.05, 3.63) is 100 Å². The summed E-state index contributed by atoms with van der Waals surface area (Å²) in [5.41, 5.74) is 2.35. The van der Waals surface area contributed by atoms with Crippen LogP contribution in [0.5, 0.6) is 5.75 Å². The molecule has 0 radical (unpaired) electrons. The van der Waals surface area contributed by atoms with Crippen LogP contribution in [-0.2, 0) is 19.6 Å². The number of ether oxygens (including phenoxy) is 1. The molecule has 6 nitrogen and oxygen atoms in total. The van der Waals surface area contributed by atoms with E-state index in [1.165, 1.54) is 0 Å². The van der Waals surface area contributed by atoms with Crippen molar-refractivity contribution in [2.24, 2.45) is 0 Å². The van der Waals surface area contributed by atoms with Crippen molar-refractivity contribution in [2.45, 2.75) is 19.6 Å². The van der Waals surface area contributed by atoms with Crippen LogP contribution in [0.3, 0.4) is 0 Å². The third kappa shape index (κ3) is 5.13. The third-order valence-electron chi connectivity index (χ3n) is 4.99. The number of hydrogen-bond acceptors (Lipinski definition) is 4. The number of hydrogen-bond donors (Lipinski definition) is 2. The quantitative estimate of drug-likeness (QED) is 0.426. The van der Waals surface area contributed by atoms with E-state index in [1.807, 2.05) is 71.6 Å². The normalized spacial score (nSPS) is 10.7. The molecule has 0 aliphatic rings. The van der Waals surface area contributed by atoms with E-state index in [2.05, 4.69) is 10.3 Å². The molecule has 0 unspecified atom stereocenters. The summed E-state index contributed by atoms with van der Waals surface area (Å²) in [5, 5.41) is 4.73. The number of furan rings is 1. The van der Waals surface area contributed by atoms with Gasteiger partial charge in [-0.1, -0.05) is 30.3 Å². The molecule has 7 heteroatoms. The summed E-state index contributed by atoms with van der Waals surface area (Å²) in [6.07, 6.45) is 1.63. The van der Waals surface area contributed by atoms with Gasteiger partial charge in [-0.3, -0.25) is 4.79 Å². The fraction of sp³-hybridized carbons (Fsp3) is 0.167. The van der Waals surface area contributed by atoms with Crippen LogP contribution in [0.4, 0.5) is 0 Å². The molecule has 0 amide bonds. The first kappa shape index (κ1) is 20.7. The van der Waals surface area contributed by atoms with Crippen LogP contribution in [0.25, 0.3) is 10.9 Å². The van der Waals surface area contributed by atoms with Gasteiger partial charge in [0.1, 0.15) is 11.5 Å². The molecule has 0 saturated heterocycles. The minimum Gasteiger partial charge on any atom is -0.497 e. The Kier molecular flexibility index (Phi) is 6.33. The van der Waals surface area contributed by atoms with Gasteiger partial charge in [0.05, 0.1) is 26.5 Å². The first-order valence-corrected chi connectivity index (χ1v) is 10.3. The molecule has 2 heterocycles. The van der Waals surface area contributed by atoms with Gasteiger partial charge in [0.2, 0.25) is 0 Å². The zero-order valence-corrected chi connectivity index (χ0v) is 17.9. The van der Waals surface area contributed by atoms with Crippen molar-refractivity contribution in [3.63, 3.8) is 0 Å². The molecule has 0 fully saturated rings. The molecule has 4 aromatic rings. The first-order chi connectivity index (χ1) is 15.1. The van der Waals surface area contributed by atoms with Crippen LogP contribution >= 0.6 is 12.2 Å². The highest BCUT2D eigenvalue weighted by atomic mass is 32.1. The number of fused-ring (bicyclic) bond motifs is 1. The number of nitrogens with zero attached hydrogens (tertiary/aromatic N) is 1. The molecule has 31 heavy (non-hydrogen) atoms. The maximum Gasteiger partial charge on any atom is 0.253 e. The molecule has 0 bridgehead atoms. The van der Waals surface area contributed by atoms with Crippen molar-refractivity contribution >= 4 is 28.2 Å². The molecule has 158 valence electrons. The third-order valence-corrected chi connectivity index (χ3v) is 5.39. The summed E-state index contributed by atoms with van der Waals surface area (Å²) in [4.78, 5) is 17.6. The number of methoxy groups -OCH3 is 1. The van der Waals surface area contributed by atoms with E-state index < -0.39 is 0 Å². The van der Waals surface area contributed by atoms with E-state index in [0.717, 1.165) is 28.0 Å². The number of pyridine rings is 1. The van der Waals surface area contributed by atoms with Gasteiger partial charge >= 0.3 is 0 Å². The van der Waals surface area contributed by atoms with Gasteiger partial charge < -0.3 is 24.4 Å². The van der Waals surface area contributed by atoms with E-state index in [1.54, 1.807) is 13.4 Å². The van der Waals surface area contributed by atoms with Crippen molar-refractivity contribution in [1.82, 2.24) is 15.2 Å². The Labute approximate surface area is 185 Å². The summed E-state index contributed by atoms with van der Waals surface area (Å²) in [6.45, 7) is 1.38. The Hall–Kier alpha value is -3.58. The molecule has 0 saturated carbocycles. The van der Waals surface area contributed by atoms with E-state index in [-0.39, 0.29) is 5.56 Å². The second-order valence-corrected chi connectivity index (χ2v) is 7.54. The first-order valence-electron chi connectivity index (χ1n) is 9.91. The maximum absolute atomic E-state index is 12.7. The van der Waals surface area contributed by atoms with Crippen molar-refractivity contribution < 1.29 is 9.15 Å². The Morgan fingerprint density at radius 3 is 2.68 bits per heavy atom. The lowest BCUT2D eigenvalue weighted by Gasteiger charge is -2.25. The van der Waals surface area contributed by atoms with E-state index in [4.69, 9.17) is 21.4 Å². The molecular formula is C24H23N3O3S. The highest BCUT2D eigenvalue weighted by Gasteiger charge is 2.15. The fourth-order valence-electron chi connectivity index (χ4n) is 3.36. The minimum atomic E-state index is -0.145. The number of thiocarbonyl (C=S) groups is 1. The zero-order chi connectivity index (χ0) is 21.6. The Balaban J connectivity index is 1.58. The van der Waals surface area contributed by atoms with Gasteiger partial charge in [-0.2, -0.15) is 0 Å². The number of aromatic amines is 1. The minimum absolute atomic E-state index is 0.145. The second kappa shape index (κ2) is 9.49. The van der Waals surface area contributed by atoms with Crippen LogP contribution in [-0.4, -0.2) is 22.1 Å². The summed E-state index contributed by atoms with van der Waals surface area (Å²) in [6, 6.07) is 21.2. The molecule has 0 spiro atoms. The van der Waals surface area contributed by atoms with E-state index in [0.29, 0.717) is 30.3 Å². The number of benzene rings is 2. The monoisotopic (exact) mass is 433 g/mol. The number of nitrogens with one attached hydrogen (secondary N) is 2. The Bertz CT molecular complexity index is 1220. The molecule has 0 aliphatic carbocycles. The van der Waals surface area contributed by atoms with Gasteiger partial charge in [0.15, 0.2) is 5.11 Å². The van der Waals surface area contributed by atoms with E-state index >= 15 is 0 Å². The van der Waals surface area contributed by atoms with Crippen LogP contribution in [0, 0.1) is 0 Å². The average Bonchev–Trinajstić information content (AvgIpc) is 3.31. The summed E-state index contributed by atoms with van der Waals surface area (Å²) in [5.74, 6) is 1.50. The number of H-pyrrole nitrogens is 1. The van der Waals surface area contributed by atoms with E-state index in [9.17, 15) is 4.79 Å². The van der Waals surface area contributed by atoms with Crippen LogP contribution < -0.4 is 15.6 Å². The van der Waals surface area contributed by atoms with Gasteiger partial charge in [-0.25, -0.2) is 0 Å². The highest BCUT2D eigenvalue weighted by molar-refractivity contribution is 7.80. The molecule has 0 aliphatic heterocycles. The molecule has 4 rings (SSSR count). The van der Waals surface area contributed by atoms with Gasteiger partial charge in [0, 0.05) is 23.0 Å². The Morgan fingerprint density at radius 1 is 1.10 bits per heavy atom. The molecular weight excluding hydrogens is 410 g/mol. The van der Waals surface area contributed by atoms with Gasteiger partial charge in [-0.15, -0.1) is 0 Å². The lowest BCUT2D eigenvalue weighted by Crippen LogP contribution is -2.39. The molecule has 2 aromatic carbocycles. The topological polar surface area (TPSA) is 70.5 Å². The molecule has 0 atom stereocenters. The fourth-order valence-corrected chi connectivity index (χ4v) is 3.56. The predicted molar refractivity (Wildman–Crippen MR) is 125 cm³/mol. The number of aromatic nitrogens is 1. The maximum atomic E-state index is 12.7. The highest BCUT2D eigenvalue weighted by Crippen LogP contribution is 2.19. The second-order valence-electron chi connectivity index (χ2n) is 7.16. The molecule has 2 N–H and O–H groups in total. The van der Waals surface area contributed by atoms with Crippen molar-refractivity contribution in [2.75, 3.05) is 7.11 Å². The average molecular weight is 434 g/mol. The summed E-state index contributed by atoms with van der Waals surface area (Å²) in [7, 11) is 1.62. The summed E-state index contributed by atoms with van der Waals surface area (Å²) < 4.78 is 10.8. The largest absolute Gasteiger partial charge is 0.497 e. The van der Waals surface area contributed by atoms with Crippen molar-refractivity contribution in [1.29, 1.82) is 0 Å². The summed E-state index contributed by atoms with van der Waals surface area (Å²) >= 11 is 5.67. The van der Waals surface area contributed by atoms with Crippen LogP contribution in [0.15, 0.2) is 82.2 Å². The SMILES string of the molecule is COc1ccc2[nH]c(=O)c(CN(Cc3ccco3)C(=S)NCc3ccccc3)cc2c1. The Morgan fingerprint density at radius 2 is 1.94 bits per heavy atom. The zero-order valence-electron chi connectivity index (χ0n) is 17.1. The standard InChI is InChI=1S/C24H23N3O3S/c1-29-20-9-10-22-18(13-20)12-19(23(28)26-22)15-27(16-21-8-5-11-30-21)24(31)25-14-17-6-3-2-4-7-17/h2-13H,14-16H2,1H3,(H,25,31)(H,26,28). The lowest BCUT2D eigenvalue weighted by atomic mass is 10.1. The molecule has 2 aromatic heterocycles. The van der Waals surface area contributed by atoms with Gasteiger partial charge in [0.25, 0.3) is 5.56 Å². The van der Waals surface area contributed by atoms with Crippen LogP contribution in [0.2, 0.25) is 0 Å². The van der Waals surface area contributed by atoms with Gasteiger partial charge in [-0.05, 0) is 54.2 Å². The lowest BCUT2D eigenvalue weighted by molar-refractivity contribution is 0.350. The van der Waals surface area contributed by atoms with Crippen molar-refractivity contribution in [3.8, 4) is 5.75 Å². The predicted octanol–water partition coefficient (Wildman–Crippen LogP) is 4.21. The smallest absolute Gasteiger partial charge is 0.253 e.